The number of phosphoric acid groups is 1. The van der Waals surface area contributed by atoms with Crippen molar-refractivity contribution in [2.45, 2.75) is 395 Å². The van der Waals surface area contributed by atoms with Gasteiger partial charge in [0.1, 0.15) is 98.7 Å². The van der Waals surface area contributed by atoms with Gasteiger partial charge in [-0.1, -0.05) is 238 Å². The number of esters is 3. The molecule has 24 nitrogen and oxygen atoms in total. The lowest BCUT2D eigenvalue weighted by Crippen LogP contribution is -2.69. The molecule has 0 aromatic heterocycles. The highest BCUT2D eigenvalue weighted by molar-refractivity contribution is 7.47. The maximum absolute atomic E-state index is 14.3. The zero-order chi connectivity index (χ0) is 70.4. The highest BCUT2D eigenvalue weighted by atomic mass is 31.2. The average molecular weight is 1400 g/mol. The van der Waals surface area contributed by atoms with E-state index in [4.69, 9.17) is 42.2 Å². The summed E-state index contributed by atoms with van der Waals surface area (Å²) in [6, 6.07) is 0. The standard InChI is InChI=1S/C71H131O24P/c1-4-7-10-13-16-19-22-25-28-30-33-36-39-42-45-55(73)87-49-52(90-57(75)47-44-41-38-35-32-27-24-21-18-15-12-9-6-3)50-89-96(85,86)95-69-67(93-70-65(83)60(78)58(76)53(48-72)91-70)63(81)62(80)64(82)68(69)94-71-66(84)61(79)59(77)54(92-71)51-88-56(74)46-43-40-37-34-31-29-26-23-20-17-14-11-8-5-2/h28,30,52-54,58-72,76-84H,4-27,29,31-51H2,1-3H3,(H,85,86)/b30-28-. The molecule has 564 valence electrons. The lowest BCUT2D eigenvalue weighted by atomic mass is 9.84. The number of hydrogen-bond acceptors (Lipinski definition) is 23. The van der Waals surface area contributed by atoms with E-state index in [-0.39, 0.29) is 19.3 Å². The van der Waals surface area contributed by atoms with Gasteiger partial charge in [-0.15, -0.1) is 0 Å². The van der Waals surface area contributed by atoms with Gasteiger partial charge in [-0.2, -0.15) is 0 Å². The van der Waals surface area contributed by atoms with Crippen LogP contribution in [0.4, 0.5) is 0 Å². The Kier molecular flexibility index (Phi) is 49.0. The van der Waals surface area contributed by atoms with Gasteiger partial charge >= 0.3 is 25.7 Å². The van der Waals surface area contributed by atoms with Crippen molar-refractivity contribution >= 4 is 25.7 Å². The summed E-state index contributed by atoms with van der Waals surface area (Å²) in [6.45, 7) is 3.43. The quantitative estimate of drug-likeness (QED) is 0.00886. The summed E-state index contributed by atoms with van der Waals surface area (Å²) in [5.41, 5.74) is 0. The summed E-state index contributed by atoms with van der Waals surface area (Å²) >= 11 is 0. The number of unbranched alkanes of at least 4 members (excludes halogenated alkanes) is 35. The van der Waals surface area contributed by atoms with Crippen LogP contribution in [-0.4, -0.2) is 204 Å². The highest BCUT2D eigenvalue weighted by Gasteiger charge is 2.58. The Balaban J connectivity index is 1.74. The number of hydrogen-bond donors (Lipinski definition) is 11. The van der Waals surface area contributed by atoms with Crippen LogP contribution in [-0.2, 0) is 61.2 Å². The lowest BCUT2D eigenvalue weighted by Gasteiger charge is -2.49. The fourth-order valence-corrected chi connectivity index (χ4v) is 13.4. The number of ether oxygens (including phenoxy) is 7. The Hall–Kier alpha value is -2.30. The van der Waals surface area contributed by atoms with Crippen molar-refractivity contribution < 1.29 is 117 Å². The van der Waals surface area contributed by atoms with Crippen molar-refractivity contribution in [3.63, 3.8) is 0 Å². The number of allylic oxidation sites excluding steroid dienone is 2. The van der Waals surface area contributed by atoms with E-state index in [2.05, 4.69) is 32.9 Å². The number of phosphoric ester groups is 1. The molecule has 0 spiro atoms. The maximum Gasteiger partial charge on any atom is 0.472 e. The van der Waals surface area contributed by atoms with Crippen LogP contribution in [0.5, 0.6) is 0 Å². The van der Waals surface area contributed by atoms with Crippen molar-refractivity contribution in [3.8, 4) is 0 Å². The van der Waals surface area contributed by atoms with E-state index < -0.39 is 156 Å². The SMILES string of the molecule is CCCCCCCCC/C=C\CCCCCC(=O)OCC(COP(=O)(O)OC1C(OC2OC(CO)C(O)C(O)C2O)C(O)C(O)C(O)C1OC1OC(COC(=O)CCCCCCCCCCCCCCCC)C(O)C(O)C1O)OC(=O)CCCCCCCCCCCCCCC. The summed E-state index contributed by atoms with van der Waals surface area (Å²) in [7, 11) is -5.69. The van der Waals surface area contributed by atoms with E-state index >= 15 is 0 Å². The molecule has 2 saturated heterocycles. The topological polar surface area (TPSA) is 374 Å². The van der Waals surface area contributed by atoms with Gasteiger partial charge in [-0.05, 0) is 44.9 Å². The first-order valence-electron chi connectivity index (χ1n) is 37.5. The van der Waals surface area contributed by atoms with E-state index in [9.17, 15) is 74.9 Å². The number of aliphatic hydroxyl groups is 10. The van der Waals surface area contributed by atoms with E-state index in [0.29, 0.717) is 19.3 Å². The van der Waals surface area contributed by atoms with Crippen LogP contribution in [0, 0.1) is 0 Å². The summed E-state index contributed by atoms with van der Waals surface area (Å²) in [5.74, 6) is -2.00. The fourth-order valence-electron chi connectivity index (χ4n) is 12.4. The molecule has 25 heteroatoms. The first kappa shape index (κ1) is 87.9. The van der Waals surface area contributed by atoms with Gasteiger partial charge in [0, 0.05) is 19.3 Å². The third-order valence-electron chi connectivity index (χ3n) is 18.5. The van der Waals surface area contributed by atoms with Gasteiger partial charge in [0.05, 0.1) is 13.2 Å². The van der Waals surface area contributed by atoms with Gasteiger partial charge in [-0.3, -0.25) is 23.4 Å². The zero-order valence-corrected chi connectivity index (χ0v) is 59.6. The minimum atomic E-state index is -5.69. The Morgan fingerprint density at radius 3 is 1.14 bits per heavy atom. The Morgan fingerprint density at radius 1 is 0.396 bits per heavy atom. The Morgan fingerprint density at radius 2 is 0.729 bits per heavy atom. The Labute approximate surface area is 573 Å². The number of carbonyl (C=O) groups excluding carboxylic acids is 3. The zero-order valence-electron chi connectivity index (χ0n) is 58.7. The summed E-state index contributed by atoms with van der Waals surface area (Å²) in [4.78, 5) is 50.9. The average Bonchev–Trinajstić information content (AvgIpc) is 0.777. The minimum Gasteiger partial charge on any atom is -0.463 e. The first-order chi connectivity index (χ1) is 46.3. The van der Waals surface area contributed by atoms with Crippen LogP contribution in [0.2, 0.25) is 0 Å². The van der Waals surface area contributed by atoms with Crippen LogP contribution < -0.4 is 0 Å². The lowest BCUT2D eigenvalue weighted by molar-refractivity contribution is -0.360. The van der Waals surface area contributed by atoms with Crippen molar-refractivity contribution in [3.05, 3.63) is 12.2 Å². The second-order valence-corrected chi connectivity index (χ2v) is 28.4. The summed E-state index contributed by atoms with van der Waals surface area (Å²) < 4.78 is 65.0. The van der Waals surface area contributed by atoms with Crippen LogP contribution >= 0.6 is 7.82 Å². The molecular weight excluding hydrogens is 1270 g/mol. The molecule has 11 N–H and O–H groups in total. The smallest absolute Gasteiger partial charge is 0.463 e. The molecule has 96 heavy (non-hydrogen) atoms. The molecule has 1 saturated carbocycles. The summed E-state index contributed by atoms with van der Waals surface area (Å²) in [5, 5.41) is 110. The molecule has 3 aliphatic rings. The number of rotatable bonds is 58. The van der Waals surface area contributed by atoms with Crippen LogP contribution in [0.3, 0.4) is 0 Å². The maximum atomic E-state index is 14.3. The summed E-state index contributed by atoms with van der Waals surface area (Å²) in [6.07, 6.45) is 11.4. The molecule has 3 fully saturated rings. The van der Waals surface area contributed by atoms with Crippen LogP contribution in [0.1, 0.15) is 290 Å². The molecule has 0 aromatic rings. The molecule has 2 heterocycles. The number of aliphatic hydroxyl groups excluding tert-OH is 10. The Bertz CT molecular complexity index is 2040. The molecule has 3 rings (SSSR count). The number of carbonyl (C=O) groups is 3. The molecule has 18 atom stereocenters. The normalized spacial score (nSPS) is 28.0. The highest BCUT2D eigenvalue weighted by Crippen LogP contribution is 2.49. The largest absolute Gasteiger partial charge is 0.472 e. The molecular formula is C71H131O24P. The van der Waals surface area contributed by atoms with Crippen LogP contribution in [0.25, 0.3) is 0 Å². The van der Waals surface area contributed by atoms with Gasteiger partial charge in [0.15, 0.2) is 18.7 Å². The molecule has 0 amide bonds. The van der Waals surface area contributed by atoms with Crippen LogP contribution in [0.15, 0.2) is 12.2 Å². The second-order valence-electron chi connectivity index (χ2n) is 27.0. The van der Waals surface area contributed by atoms with Crippen molar-refractivity contribution in [2.75, 3.05) is 26.4 Å². The monoisotopic (exact) mass is 1400 g/mol. The molecule has 0 aromatic carbocycles. The van der Waals surface area contributed by atoms with E-state index in [0.717, 1.165) is 96.3 Å². The van der Waals surface area contributed by atoms with Gasteiger partial charge in [0.2, 0.25) is 0 Å². The van der Waals surface area contributed by atoms with Crippen molar-refractivity contribution in [2.24, 2.45) is 0 Å². The fraction of sp³-hybridized carbons (Fsp3) is 0.930. The van der Waals surface area contributed by atoms with Gasteiger partial charge < -0.3 is 89.1 Å². The van der Waals surface area contributed by atoms with Crippen molar-refractivity contribution in [1.82, 2.24) is 0 Å². The molecule has 18 unspecified atom stereocenters. The van der Waals surface area contributed by atoms with E-state index in [1.165, 1.54) is 135 Å². The third kappa shape index (κ3) is 36.5. The van der Waals surface area contributed by atoms with E-state index in [1.807, 2.05) is 0 Å². The van der Waals surface area contributed by atoms with Gasteiger partial charge in [0.25, 0.3) is 0 Å². The van der Waals surface area contributed by atoms with Gasteiger partial charge in [-0.25, -0.2) is 4.57 Å². The molecule has 0 radical (unpaired) electrons. The first-order valence-corrected chi connectivity index (χ1v) is 39.0. The predicted octanol–water partition coefficient (Wildman–Crippen LogP) is 9.96. The molecule has 0 bridgehead atoms. The second kappa shape index (κ2) is 53.5. The van der Waals surface area contributed by atoms with E-state index in [1.54, 1.807) is 0 Å². The third-order valence-corrected chi connectivity index (χ3v) is 19.5. The molecule has 2 aliphatic heterocycles. The minimum absolute atomic E-state index is 0.0279. The predicted molar refractivity (Wildman–Crippen MR) is 361 cm³/mol. The molecule has 1 aliphatic carbocycles. The van der Waals surface area contributed by atoms with Crippen molar-refractivity contribution in [1.29, 1.82) is 0 Å².